The predicted octanol–water partition coefficient (Wildman–Crippen LogP) is 2.47. The van der Waals surface area contributed by atoms with Crippen molar-refractivity contribution in [2.75, 3.05) is 14.1 Å². The van der Waals surface area contributed by atoms with E-state index in [2.05, 4.69) is 27.5 Å². The molecule has 0 saturated heterocycles. The van der Waals surface area contributed by atoms with Crippen LogP contribution < -0.4 is 5.32 Å². The van der Waals surface area contributed by atoms with Gasteiger partial charge in [-0.25, -0.2) is 14.7 Å². The first kappa shape index (κ1) is 16.7. The van der Waals surface area contributed by atoms with Crippen LogP contribution in [0.25, 0.3) is 5.82 Å². The van der Waals surface area contributed by atoms with Gasteiger partial charge in [-0.1, -0.05) is 30.3 Å². The highest BCUT2D eigenvalue weighted by molar-refractivity contribution is 5.79. The molecule has 0 amide bonds. The van der Waals surface area contributed by atoms with Crippen molar-refractivity contribution in [3.8, 4) is 5.82 Å². The topological polar surface area (TPSA) is 58.3 Å². The van der Waals surface area contributed by atoms with Crippen molar-refractivity contribution < 1.29 is 0 Å². The van der Waals surface area contributed by atoms with E-state index in [1.54, 1.807) is 17.1 Å². The molecule has 0 spiro atoms. The maximum atomic E-state index is 4.70. The van der Waals surface area contributed by atoms with Crippen molar-refractivity contribution in [3.63, 3.8) is 0 Å². The van der Waals surface area contributed by atoms with E-state index in [4.69, 9.17) is 4.99 Å². The Kier molecular flexibility index (Phi) is 5.41. The summed E-state index contributed by atoms with van der Waals surface area (Å²) in [5, 5.41) is 7.60. The summed E-state index contributed by atoms with van der Waals surface area (Å²) in [5.41, 5.74) is 2.31. The van der Waals surface area contributed by atoms with Gasteiger partial charge in [-0.3, -0.25) is 0 Å². The van der Waals surface area contributed by atoms with Crippen LogP contribution >= 0.6 is 0 Å². The van der Waals surface area contributed by atoms with E-state index < -0.39 is 0 Å². The van der Waals surface area contributed by atoms with Gasteiger partial charge < -0.3 is 10.2 Å². The number of nitrogens with zero attached hydrogens (tertiary/aromatic N) is 5. The highest BCUT2D eigenvalue weighted by Gasteiger charge is 2.03. The summed E-state index contributed by atoms with van der Waals surface area (Å²) in [4.78, 5) is 11.0. The van der Waals surface area contributed by atoms with E-state index in [-0.39, 0.29) is 0 Å². The summed E-state index contributed by atoms with van der Waals surface area (Å²) in [5.74, 6) is 1.64. The fraction of sp³-hybridized carbons (Fsp3) is 0.211. The molecule has 0 saturated carbocycles. The van der Waals surface area contributed by atoms with Crippen molar-refractivity contribution >= 4 is 5.96 Å². The first-order chi connectivity index (χ1) is 12.2. The van der Waals surface area contributed by atoms with E-state index in [0.29, 0.717) is 6.54 Å². The lowest BCUT2D eigenvalue weighted by Gasteiger charge is -2.17. The van der Waals surface area contributed by atoms with Crippen LogP contribution in [-0.2, 0) is 13.1 Å². The largest absolute Gasteiger partial charge is 0.352 e. The van der Waals surface area contributed by atoms with Gasteiger partial charge in [-0.05, 0) is 29.3 Å². The summed E-state index contributed by atoms with van der Waals surface area (Å²) >= 11 is 0. The van der Waals surface area contributed by atoms with Crippen LogP contribution in [0.5, 0.6) is 0 Å². The van der Waals surface area contributed by atoms with Crippen LogP contribution in [0.4, 0.5) is 0 Å². The van der Waals surface area contributed by atoms with E-state index in [9.17, 15) is 0 Å². The molecule has 3 aromatic rings. The van der Waals surface area contributed by atoms with Crippen molar-refractivity contribution in [3.05, 3.63) is 78.2 Å². The molecule has 0 aliphatic rings. The van der Waals surface area contributed by atoms with Crippen molar-refractivity contribution in [2.24, 2.45) is 4.99 Å². The molecule has 1 aromatic carbocycles. The van der Waals surface area contributed by atoms with Gasteiger partial charge in [0.05, 0.1) is 6.54 Å². The molecule has 0 bridgehead atoms. The Morgan fingerprint density at radius 2 is 1.92 bits per heavy atom. The Morgan fingerprint density at radius 3 is 2.64 bits per heavy atom. The highest BCUT2D eigenvalue weighted by atomic mass is 15.3. The third kappa shape index (κ3) is 4.67. The van der Waals surface area contributed by atoms with Gasteiger partial charge in [0.2, 0.25) is 0 Å². The van der Waals surface area contributed by atoms with Crippen LogP contribution in [0.15, 0.2) is 72.1 Å². The van der Waals surface area contributed by atoms with Crippen molar-refractivity contribution in [1.29, 1.82) is 0 Å². The summed E-state index contributed by atoms with van der Waals surface area (Å²) in [6, 6.07) is 16.1. The maximum absolute atomic E-state index is 4.70. The minimum absolute atomic E-state index is 0.575. The zero-order valence-corrected chi connectivity index (χ0v) is 14.5. The molecule has 0 fully saturated rings. The van der Waals surface area contributed by atoms with Crippen LogP contribution in [0.3, 0.4) is 0 Å². The number of aliphatic imine (C=N–C) groups is 1. The van der Waals surface area contributed by atoms with E-state index >= 15 is 0 Å². The van der Waals surface area contributed by atoms with Gasteiger partial charge in [0.15, 0.2) is 11.8 Å². The molecular weight excluding hydrogens is 312 g/mol. The number of hydrogen-bond acceptors (Lipinski definition) is 3. The van der Waals surface area contributed by atoms with Gasteiger partial charge in [-0.15, -0.1) is 0 Å². The molecule has 0 unspecified atom stereocenters. The third-order valence-corrected chi connectivity index (χ3v) is 3.68. The number of benzene rings is 1. The number of pyridine rings is 1. The van der Waals surface area contributed by atoms with Gasteiger partial charge in [0.1, 0.15) is 0 Å². The fourth-order valence-electron chi connectivity index (χ4n) is 2.39. The van der Waals surface area contributed by atoms with E-state index in [1.807, 2.05) is 61.6 Å². The fourth-order valence-corrected chi connectivity index (χ4v) is 2.39. The van der Waals surface area contributed by atoms with E-state index in [0.717, 1.165) is 23.9 Å². The number of hydrogen-bond donors (Lipinski definition) is 1. The molecule has 3 rings (SSSR count). The lowest BCUT2D eigenvalue weighted by Crippen LogP contribution is -2.36. The van der Waals surface area contributed by atoms with Gasteiger partial charge in [0, 0.05) is 39.2 Å². The summed E-state index contributed by atoms with van der Waals surface area (Å²) in [7, 11) is 3.97. The molecule has 1 N–H and O–H groups in total. The summed E-state index contributed by atoms with van der Waals surface area (Å²) in [6.07, 6.45) is 5.40. The van der Waals surface area contributed by atoms with Crippen LogP contribution in [0, 0.1) is 0 Å². The molecule has 25 heavy (non-hydrogen) atoms. The average Bonchev–Trinajstić information content (AvgIpc) is 3.17. The van der Waals surface area contributed by atoms with Crippen LogP contribution in [-0.4, -0.2) is 39.7 Å². The number of nitrogens with one attached hydrogen (secondary N) is 1. The second-order valence-corrected chi connectivity index (χ2v) is 5.85. The summed E-state index contributed by atoms with van der Waals surface area (Å²) in [6.45, 7) is 1.32. The van der Waals surface area contributed by atoms with Crippen LogP contribution in [0.1, 0.15) is 11.1 Å². The second-order valence-electron chi connectivity index (χ2n) is 5.85. The monoisotopic (exact) mass is 334 g/mol. The highest BCUT2D eigenvalue weighted by Crippen LogP contribution is 2.07. The molecule has 6 nitrogen and oxygen atoms in total. The van der Waals surface area contributed by atoms with Crippen LogP contribution in [0.2, 0.25) is 0 Å². The predicted molar refractivity (Wildman–Crippen MR) is 99.5 cm³/mol. The Morgan fingerprint density at radius 1 is 1.08 bits per heavy atom. The Balaban J connectivity index is 1.68. The average molecular weight is 334 g/mol. The number of rotatable bonds is 5. The molecule has 0 radical (unpaired) electrons. The second kappa shape index (κ2) is 8.10. The molecule has 2 aromatic heterocycles. The van der Waals surface area contributed by atoms with Gasteiger partial charge >= 0.3 is 0 Å². The smallest absolute Gasteiger partial charge is 0.194 e. The minimum Gasteiger partial charge on any atom is -0.352 e. The molecule has 6 heteroatoms. The lowest BCUT2D eigenvalue weighted by molar-refractivity contribution is 0.578. The Labute approximate surface area is 147 Å². The normalized spacial score (nSPS) is 11.4. The standard InChI is InChI=1S/C19H22N6/c1-24(2)19(21-14-16-7-4-3-5-8-16)22-15-17-9-11-20-18(13-17)25-12-6-10-23-25/h3-13H,14-15H2,1-2H3,(H,21,22). The molecule has 0 aliphatic carbocycles. The first-order valence-electron chi connectivity index (χ1n) is 8.17. The SMILES string of the molecule is CN(C)C(=NCc1ccnc(-n2cccn2)c1)NCc1ccccc1. The maximum Gasteiger partial charge on any atom is 0.194 e. The first-order valence-corrected chi connectivity index (χ1v) is 8.17. The molecular formula is C19H22N6. The molecule has 0 atom stereocenters. The molecule has 2 heterocycles. The zero-order chi connectivity index (χ0) is 17.5. The zero-order valence-electron chi connectivity index (χ0n) is 14.5. The van der Waals surface area contributed by atoms with Gasteiger partial charge in [-0.2, -0.15) is 5.10 Å². The Bertz CT molecular complexity index is 809. The van der Waals surface area contributed by atoms with E-state index in [1.165, 1.54) is 5.56 Å². The van der Waals surface area contributed by atoms with Crippen molar-refractivity contribution in [2.45, 2.75) is 13.1 Å². The third-order valence-electron chi connectivity index (χ3n) is 3.68. The molecule has 0 aliphatic heterocycles. The molecule has 128 valence electrons. The quantitative estimate of drug-likeness (QED) is 0.575. The minimum atomic E-state index is 0.575. The van der Waals surface area contributed by atoms with Gasteiger partial charge in [0.25, 0.3) is 0 Å². The summed E-state index contributed by atoms with van der Waals surface area (Å²) < 4.78 is 1.74. The number of aromatic nitrogens is 3. The lowest BCUT2D eigenvalue weighted by atomic mass is 10.2. The number of guanidine groups is 1. The Hall–Kier alpha value is -3.15. The van der Waals surface area contributed by atoms with Crippen molar-refractivity contribution in [1.82, 2.24) is 25.0 Å².